The molecule has 0 bridgehead atoms. The second kappa shape index (κ2) is 5.19. The quantitative estimate of drug-likeness (QED) is 0.824. The molecule has 3 nitrogen and oxygen atoms in total. The van der Waals surface area contributed by atoms with Crippen molar-refractivity contribution in [2.75, 3.05) is 20.2 Å². The molecule has 1 fully saturated rings. The van der Waals surface area contributed by atoms with Gasteiger partial charge in [0.2, 0.25) is 0 Å². The predicted molar refractivity (Wildman–Crippen MR) is 72.6 cm³/mol. The fourth-order valence-electron chi connectivity index (χ4n) is 2.43. The van der Waals surface area contributed by atoms with Gasteiger partial charge in [0.05, 0.1) is 12.7 Å². The summed E-state index contributed by atoms with van der Waals surface area (Å²) in [6.45, 7) is 5.45. The van der Waals surface area contributed by atoms with Gasteiger partial charge in [0.15, 0.2) is 0 Å². The number of benzene rings is 1. The van der Waals surface area contributed by atoms with E-state index in [9.17, 15) is 4.79 Å². The normalized spacial score (nSPS) is 15.0. The lowest BCUT2D eigenvalue weighted by molar-refractivity contribution is 0.0788. The molecular formula is C14H18ClNO2. The summed E-state index contributed by atoms with van der Waals surface area (Å²) in [5.41, 5.74) is 2.35. The molecule has 2 rings (SSSR count). The van der Waals surface area contributed by atoms with Crippen molar-refractivity contribution in [2.45, 2.75) is 26.7 Å². The number of halogens is 1. The number of nitrogens with zero attached hydrogens (tertiary/aromatic N) is 1. The Morgan fingerprint density at radius 1 is 1.33 bits per heavy atom. The zero-order valence-electron chi connectivity index (χ0n) is 11.0. The fourth-order valence-corrected chi connectivity index (χ4v) is 2.58. The fraction of sp³-hybridized carbons (Fsp3) is 0.500. The topological polar surface area (TPSA) is 29.5 Å². The first-order chi connectivity index (χ1) is 8.56. The maximum atomic E-state index is 12.5. The van der Waals surface area contributed by atoms with E-state index in [2.05, 4.69) is 0 Å². The number of rotatable bonds is 2. The highest BCUT2D eigenvalue weighted by atomic mass is 35.5. The number of methoxy groups -OCH3 is 1. The van der Waals surface area contributed by atoms with Gasteiger partial charge in [-0.2, -0.15) is 0 Å². The molecule has 98 valence electrons. The highest BCUT2D eigenvalue weighted by Gasteiger charge is 2.25. The largest absolute Gasteiger partial charge is 0.496 e. The molecule has 0 atom stereocenters. The van der Waals surface area contributed by atoms with Gasteiger partial charge < -0.3 is 9.64 Å². The van der Waals surface area contributed by atoms with Crippen LogP contribution in [0.25, 0.3) is 0 Å². The van der Waals surface area contributed by atoms with Gasteiger partial charge in [0.25, 0.3) is 5.91 Å². The van der Waals surface area contributed by atoms with E-state index in [0.29, 0.717) is 16.3 Å². The maximum absolute atomic E-state index is 12.5. The Morgan fingerprint density at radius 2 is 1.94 bits per heavy atom. The molecule has 0 aliphatic carbocycles. The zero-order valence-corrected chi connectivity index (χ0v) is 11.8. The predicted octanol–water partition coefficient (Wildman–Crippen LogP) is 3.20. The molecule has 1 aliphatic rings. The van der Waals surface area contributed by atoms with Crippen molar-refractivity contribution < 1.29 is 9.53 Å². The third-order valence-electron chi connectivity index (χ3n) is 3.47. The Kier molecular flexibility index (Phi) is 3.81. The number of aryl methyl sites for hydroxylation is 1. The Bertz CT molecular complexity index is 479. The first-order valence-electron chi connectivity index (χ1n) is 6.19. The summed E-state index contributed by atoms with van der Waals surface area (Å²) in [4.78, 5) is 14.4. The smallest absolute Gasteiger partial charge is 0.257 e. The monoisotopic (exact) mass is 267 g/mol. The van der Waals surface area contributed by atoms with Crippen LogP contribution in [0.4, 0.5) is 0 Å². The third kappa shape index (κ3) is 2.19. The Balaban J connectivity index is 2.48. The summed E-state index contributed by atoms with van der Waals surface area (Å²) in [5, 5.41) is 0.651. The zero-order chi connectivity index (χ0) is 13.3. The molecule has 4 heteroatoms. The van der Waals surface area contributed by atoms with Crippen LogP contribution < -0.4 is 4.74 Å². The van der Waals surface area contributed by atoms with Crippen molar-refractivity contribution in [3.8, 4) is 5.75 Å². The van der Waals surface area contributed by atoms with Crippen LogP contribution >= 0.6 is 11.6 Å². The number of likely N-dealkylation sites (tertiary alicyclic amines) is 1. The Labute approximate surface area is 113 Å². The average Bonchev–Trinajstić information content (AvgIpc) is 2.88. The van der Waals surface area contributed by atoms with E-state index in [0.717, 1.165) is 37.1 Å². The second-order valence-corrected chi connectivity index (χ2v) is 5.09. The number of carbonyl (C=O) groups is 1. The number of ether oxygens (including phenoxy) is 1. The Morgan fingerprint density at radius 3 is 2.50 bits per heavy atom. The SMILES string of the molecule is COc1cc(C)c(Cl)c(C)c1C(=O)N1CCCC1. The summed E-state index contributed by atoms with van der Waals surface area (Å²) in [6.07, 6.45) is 2.15. The van der Waals surface area contributed by atoms with Gasteiger partial charge in [-0.3, -0.25) is 4.79 Å². The lowest BCUT2D eigenvalue weighted by Crippen LogP contribution is -2.28. The summed E-state index contributed by atoms with van der Waals surface area (Å²) < 4.78 is 5.34. The minimum atomic E-state index is 0.0313. The number of amides is 1. The van der Waals surface area contributed by atoms with E-state index in [1.54, 1.807) is 7.11 Å². The van der Waals surface area contributed by atoms with Gasteiger partial charge in [0.1, 0.15) is 5.75 Å². The van der Waals surface area contributed by atoms with E-state index in [1.807, 2.05) is 24.8 Å². The molecule has 1 aromatic rings. The van der Waals surface area contributed by atoms with Crippen molar-refractivity contribution >= 4 is 17.5 Å². The summed E-state index contributed by atoms with van der Waals surface area (Å²) in [7, 11) is 1.59. The molecule has 0 aromatic heterocycles. The highest BCUT2D eigenvalue weighted by molar-refractivity contribution is 6.32. The van der Waals surface area contributed by atoms with Crippen LogP contribution in [0.3, 0.4) is 0 Å². The first-order valence-corrected chi connectivity index (χ1v) is 6.57. The summed E-state index contributed by atoms with van der Waals surface area (Å²) in [6, 6.07) is 1.83. The molecule has 1 saturated heterocycles. The van der Waals surface area contributed by atoms with Crippen molar-refractivity contribution in [1.82, 2.24) is 4.90 Å². The van der Waals surface area contributed by atoms with Gasteiger partial charge in [-0.05, 0) is 43.9 Å². The maximum Gasteiger partial charge on any atom is 0.257 e. The average molecular weight is 268 g/mol. The van der Waals surface area contributed by atoms with Gasteiger partial charge >= 0.3 is 0 Å². The van der Waals surface area contributed by atoms with Crippen LogP contribution in [0.5, 0.6) is 5.75 Å². The molecule has 1 heterocycles. The molecule has 1 amide bonds. The van der Waals surface area contributed by atoms with E-state index >= 15 is 0 Å². The number of hydrogen-bond acceptors (Lipinski definition) is 2. The number of hydrogen-bond donors (Lipinski definition) is 0. The molecular weight excluding hydrogens is 250 g/mol. The minimum absolute atomic E-state index is 0.0313. The molecule has 0 saturated carbocycles. The van der Waals surface area contributed by atoms with Gasteiger partial charge in [0, 0.05) is 18.1 Å². The Hall–Kier alpha value is -1.22. The summed E-state index contributed by atoms with van der Waals surface area (Å²) in [5.74, 6) is 0.648. The first kappa shape index (κ1) is 13.2. The molecule has 18 heavy (non-hydrogen) atoms. The lowest BCUT2D eigenvalue weighted by atomic mass is 10.0. The molecule has 0 spiro atoms. The van der Waals surface area contributed by atoms with Crippen LogP contribution in [0.15, 0.2) is 6.07 Å². The van der Waals surface area contributed by atoms with E-state index in [-0.39, 0.29) is 5.91 Å². The molecule has 1 aromatic carbocycles. The van der Waals surface area contributed by atoms with Crippen molar-refractivity contribution in [2.24, 2.45) is 0 Å². The van der Waals surface area contributed by atoms with Crippen LogP contribution in [0.2, 0.25) is 5.02 Å². The summed E-state index contributed by atoms with van der Waals surface area (Å²) >= 11 is 6.24. The van der Waals surface area contributed by atoms with Crippen LogP contribution in [0.1, 0.15) is 34.3 Å². The van der Waals surface area contributed by atoms with E-state index in [1.165, 1.54) is 0 Å². The van der Waals surface area contributed by atoms with Crippen molar-refractivity contribution in [1.29, 1.82) is 0 Å². The van der Waals surface area contributed by atoms with Crippen molar-refractivity contribution in [3.05, 3.63) is 27.8 Å². The van der Waals surface area contributed by atoms with Crippen molar-refractivity contribution in [3.63, 3.8) is 0 Å². The van der Waals surface area contributed by atoms with E-state index in [4.69, 9.17) is 16.3 Å². The minimum Gasteiger partial charge on any atom is -0.496 e. The van der Waals surface area contributed by atoms with Gasteiger partial charge in [-0.25, -0.2) is 0 Å². The van der Waals surface area contributed by atoms with Crippen LogP contribution in [-0.4, -0.2) is 31.0 Å². The van der Waals surface area contributed by atoms with E-state index < -0.39 is 0 Å². The molecule has 0 radical (unpaired) electrons. The third-order valence-corrected chi connectivity index (χ3v) is 4.05. The second-order valence-electron chi connectivity index (χ2n) is 4.71. The standard InChI is InChI=1S/C14H18ClNO2/c1-9-8-11(18-3)12(10(2)13(9)15)14(17)16-6-4-5-7-16/h8H,4-7H2,1-3H3. The molecule has 0 unspecified atom stereocenters. The van der Waals surface area contributed by atoms with Crippen LogP contribution in [0, 0.1) is 13.8 Å². The van der Waals surface area contributed by atoms with Gasteiger partial charge in [-0.15, -0.1) is 0 Å². The molecule has 0 N–H and O–H groups in total. The lowest BCUT2D eigenvalue weighted by Gasteiger charge is -2.20. The van der Waals surface area contributed by atoms with Gasteiger partial charge in [-0.1, -0.05) is 11.6 Å². The van der Waals surface area contributed by atoms with Crippen LogP contribution in [-0.2, 0) is 0 Å². The number of carbonyl (C=O) groups excluding carboxylic acids is 1. The highest BCUT2D eigenvalue weighted by Crippen LogP contribution is 2.33. The molecule has 1 aliphatic heterocycles.